The summed E-state index contributed by atoms with van der Waals surface area (Å²) in [6.45, 7) is 1.46. The number of carbonyl (C=O) groups is 2. The second-order valence-electron chi connectivity index (χ2n) is 3.37. The third-order valence-corrected chi connectivity index (χ3v) is 2.08. The highest BCUT2D eigenvalue weighted by molar-refractivity contribution is 5.97. The number of carbonyl (C=O) groups excluding carboxylic acids is 1. The minimum absolute atomic E-state index is 0.0685. The number of benzene rings is 1. The molecule has 15 heavy (non-hydrogen) atoms. The lowest BCUT2D eigenvalue weighted by Crippen LogP contribution is -2.14. The number of hydrogen-bond donors (Lipinski definition) is 1. The molecule has 0 aliphatic heterocycles. The van der Waals surface area contributed by atoms with Gasteiger partial charge in [-0.15, -0.1) is 0 Å². The fraction of sp³-hybridized carbons (Fsp3) is 0.273. The summed E-state index contributed by atoms with van der Waals surface area (Å²) in [7, 11) is 0. The van der Waals surface area contributed by atoms with Crippen LogP contribution < -0.4 is 0 Å². The van der Waals surface area contributed by atoms with Gasteiger partial charge in [0.1, 0.15) is 5.82 Å². The molecule has 1 atom stereocenters. The van der Waals surface area contributed by atoms with Crippen molar-refractivity contribution in [1.82, 2.24) is 0 Å². The van der Waals surface area contributed by atoms with Crippen molar-refractivity contribution >= 4 is 11.8 Å². The number of ketones is 1. The molecule has 1 aromatic carbocycles. The van der Waals surface area contributed by atoms with Crippen LogP contribution in [0.4, 0.5) is 4.39 Å². The summed E-state index contributed by atoms with van der Waals surface area (Å²) >= 11 is 0. The normalized spacial score (nSPS) is 12.1. The number of carboxylic acid groups (broad SMARTS) is 1. The largest absolute Gasteiger partial charge is 0.481 e. The molecule has 0 spiro atoms. The van der Waals surface area contributed by atoms with E-state index < -0.39 is 17.7 Å². The van der Waals surface area contributed by atoms with Crippen LogP contribution in [0.15, 0.2) is 24.3 Å². The van der Waals surface area contributed by atoms with Crippen molar-refractivity contribution in [2.75, 3.05) is 0 Å². The summed E-state index contributed by atoms with van der Waals surface area (Å²) in [5, 5.41) is 8.61. The zero-order chi connectivity index (χ0) is 11.4. The minimum Gasteiger partial charge on any atom is -0.481 e. The summed E-state index contributed by atoms with van der Waals surface area (Å²) in [4.78, 5) is 22.0. The molecule has 0 amide bonds. The predicted molar refractivity (Wildman–Crippen MR) is 52.1 cm³/mol. The Bertz CT molecular complexity index is 370. The first kappa shape index (κ1) is 11.4. The minimum atomic E-state index is -1.01. The van der Waals surface area contributed by atoms with Crippen LogP contribution in [0.25, 0.3) is 0 Å². The van der Waals surface area contributed by atoms with Gasteiger partial charge in [0, 0.05) is 12.0 Å². The van der Waals surface area contributed by atoms with Crippen LogP contribution in [-0.4, -0.2) is 16.9 Å². The maximum Gasteiger partial charge on any atom is 0.306 e. The van der Waals surface area contributed by atoms with Gasteiger partial charge in [-0.05, 0) is 24.3 Å². The van der Waals surface area contributed by atoms with E-state index >= 15 is 0 Å². The van der Waals surface area contributed by atoms with Crippen molar-refractivity contribution in [2.24, 2.45) is 5.92 Å². The highest BCUT2D eigenvalue weighted by Gasteiger charge is 2.16. The van der Waals surface area contributed by atoms with E-state index in [1.54, 1.807) is 0 Å². The van der Waals surface area contributed by atoms with Crippen LogP contribution in [0.5, 0.6) is 0 Å². The average molecular weight is 210 g/mol. The molecule has 0 heterocycles. The van der Waals surface area contributed by atoms with Crippen molar-refractivity contribution < 1.29 is 19.1 Å². The van der Waals surface area contributed by atoms with Gasteiger partial charge in [0.15, 0.2) is 5.78 Å². The lowest BCUT2D eigenvalue weighted by Gasteiger charge is -2.04. The highest BCUT2D eigenvalue weighted by atomic mass is 19.1. The first-order valence-electron chi connectivity index (χ1n) is 4.52. The lowest BCUT2D eigenvalue weighted by atomic mass is 10.00. The van der Waals surface area contributed by atoms with E-state index in [1.807, 2.05) is 0 Å². The molecule has 1 rings (SSSR count). The van der Waals surface area contributed by atoms with Gasteiger partial charge in [-0.1, -0.05) is 6.92 Å². The van der Waals surface area contributed by atoms with E-state index in [1.165, 1.54) is 31.2 Å². The van der Waals surface area contributed by atoms with E-state index in [2.05, 4.69) is 0 Å². The highest BCUT2D eigenvalue weighted by Crippen LogP contribution is 2.10. The van der Waals surface area contributed by atoms with Gasteiger partial charge in [-0.2, -0.15) is 0 Å². The van der Waals surface area contributed by atoms with Crippen LogP contribution in [0.2, 0.25) is 0 Å². The number of hydrogen-bond acceptors (Lipinski definition) is 2. The Hall–Kier alpha value is -1.71. The van der Waals surface area contributed by atoms with Gasteiger partial charge >= 0.3 is 5.97 Å². The maximum absolute atomic E-state index is 12.5. The molecule has 1 aromatic rings. The topological polar surface area (TPSA) is 54.4 Å². The Morgan fingerprint density at radius 2 is 1.87 bits per heavy atom. The van der Waals surface area contributed by atoms with Gasteiger partial charge in [0.25, 0.3) is 0 Å². The fourth-order valence-electron chi connectivity index (χ4n) is 1.12. The number of aliphatic carboxylic acids is 1. The second kappa shape index (κ2) is 4.68. The predicted octanol–water partition coefficient (Wildman–Crippen LogP) is 2.12. The first-order chi connectivity index (χ1) is 7.00. The molecule has 0 fully saturated rings. The van der Waals surface area contributed by atoms with Gasteiger partial charge in [-0.25, -0.2) is 4.39 Å². The average Bonchev–Trinajstić information content (AvgIpc) is 2.18. The van der Waals surface area contributed by atoms with Crippen LogP contribution in [0.3, 0.4) is 0 Å². The summed E-state index contributed by atoms with van der Waals surface area (Å²) in [5.74, 6) is -2.43. The molecule has 4 heteroatoms. The Labute approximate surface area is 86.5 Å². The molecule has 0 aromatic heterocycles. The molecule has 0 saturated heterocycles. The Balaban J connectivity index is 2.69. The molecule has 0 aliphatic rings. The smallest absolute Gasteiger partial charge is 0.306 e. The quantitative estimate of drug-likeness (QED) is 0.774. The molecule has 0 saturated carbocycles. The van der Waals surface area contributed by atoms with Crippen molar-refractivity contribution in [3.05, 3.63) is 35.6 Å². The summed E-state index contributed by atoms with van der Waals surface area (Å²) in [5.41, 5.74) is 0.338. The molecule has 0 aliphatic carbocycles. The standard InChI is InChI=1S/C11H11FO3/c1-7(11(14)15)6-10(13)8-2-4-9(12)5-3-8/h2-5,7H,6H2,1H3,(H,14,15). The number of halogens is 1. The van der Waals surface area contributed by atoms with Gasteiger partial charge in [0.2, 0.25) is 0 Å². The molecule has 3 nitrogen and oxygen atoms in total. The third kappa shape index (κ3) is 3.16. The SMILES string of the molecule is CC(CC(=O)c1ccc(F)cc1)C(=O)O. The van der Waals surface area contributed by atoms with Crippen LogP contribution in [-0.2, 0) is 4.79 Å². The lowest BCUT2D eigenvalue weighted by molar-refractivity contribution is -0.141. The molecule has 80 valence electrons. The Morgan fingerprint density at radius 3 is 2.33 bits per heavy atom. The zero-order valence-electron chi connectivity index (χ0n) is 8.24. The van der Waals surface area contributed by atoms with E-state index in [0.29, 0.717) is 5.56 Å². The number of rotatable bonds is 4. The molecule has 0 bridgehead atoms. The van der Waals surface area contributed by atoms with E-state index in [9.17, 15) is 14.0 Å². The van der Waals surface area contributed by atoms with Crippen molar-refractivity contribution in [3.63, 3.8) is 0 Å². The summed E-state index contributed by atoms with van der Waals surface area (Å²) < 4.78 is 12.5. The molecule has 0 radical (unpaired) electrons. The fourth-order valence-corrected chi connectivity index (χ4v) is 1.12. The van der Waals surface area contributed by atoms with Crippen molar-refractivity contribution in [3.8, 4) is 0 Å². The number of Topliss-reactive ketones (excluding diaryl/α,β-unsaturated/α-hetero) is 1. The second-order valence-corrected chi connectivity index (χ2v) is 3.37. The van der Waals surface area contributed by atoms with Crippen LogP contribution >= 0.6 is 0 Å². The zero-order valence-corrected chi connectivity index (χ0v) is 8.24. The third-order valence-electron chi connectivity index (χ3n) is 2.08. The summed E-state index contributed by atoms with van der Waals surface area (Å²) in [6.07, 6.45) is -0.0685. The Kier molecular flexibility index (Phi) is 3.55. The Morgan fingerprint density at radius 1 is 1.33 bits per heavy atom. The van der Waals surface area contributed by atoms with E-state index in [-0.39, 0.29) is 12.2 Å². The molecule has 1 N–H and O–H groups in total. The number of carboxylic acids is 1. The maximum atomic E-state index is 12.5. The van der Waals surface area contributed by atoms with E-state index in [4.69, 9.17) is 5.11 Å². The molecular formula is C11H11FO3. The van der Waals surface area contributed by atoms with E-state index in [0.717, 1.165) is 0 Å². The van der Waals surface area contributed by atoms with Gasteiger partial charge in [-0.3, -0.25) is 9.59 Å². The first-order valence-corrected chi connectivity index (χ1v) is 4.52. The summed E-state index contributed by atoms with van der Waals surface area (Å²) in [6, 6.07) is 5.07. The van der Waals surface area contributed by atoms with Gasteiger partial charge < -0.3 is 5.11 Å². The monoisotopic (exact) mass is 210 g/mol. The van der Waals surface area contributed by atoms with Crippen LogP contribution in [0, 0.1) is 11.7 Å². The van der Waals surface area contributed by atoms with Crippen molar-refractivity contribution in [2.45, 2.75) is 13.3 Å². The molecular weight excluding hydrogens is 199 g/mol. The molecule has 1 unspecified atom stereocenters. The van der Waals surface area contributed by atoms with Crippen molar-refractivity contribution in [1.29, 1.82) is 0 Å². The van der Waals surface area contributed by atoms with Gasteiger partial charge in [0.05, 0.1) is 5.92 Å². The van der Waals surface area contributed by atoms with Crippen LogP contribution in [0.1, 0.15) is 23.7 Å².